The molecular weight excluding hydrogens is 458 g/mol. The third-order valence-corrected chi connectivity index (χ3v) is 8.66. The number of thioether (sulfide) groups is 2. The van der Waals surface area contributed by atoms with Crippen LogP contribution in [0.2, 0.25) is 0 Å². The lowest BCUT2D eigenvalue weighted by Gasteiger charge is -2.28. The van der Waals surface area contributed by atoms with Gasteiger partial charge in [0.15, 0.2) is 9.82 Å². The monoisotopic (exact) mass is 495 g/mol. The molecule has 178 valence electrons. The van der Waals surface area contributed by atoms with Crippen LogP contribution >= 0.6 is 35.7 Å². The van der Waals surface area contributed by atoms with Crippen LogP contribution < -0.4 is 4.90 Å². The number of hydrogen-bond donors (Lipinski definition) is 0. The standard InChI is InChI=1S/C25H37NO3S3/c1-6-19(3)25(4,5)24(27)32-17-16-31-15-14-28-13-12-26(7-2)21-18-23(30)29-22-11-9-8-10-20(21)22/h8-11,18-19H,6-7,12-17H2,1-5H3. The molecule has 1 atom stereocenters. The molecule has 0 fully saturated rings. The second kappa shape index (κ2) is 13.6. The Kier molecular flexibility index (Phi) is 11.6. The summed E-state index contributed by atoms with van der Waals surface area (Å²) in [5, 5.41) is 1.38. The van der Waals surface area contributed by atoms with Crippen molar-refractivity contribution in [2.75, 3.05) is 48.5 Å². The second-order valence-electron chi connectivity index (χ2n) is 8.42. The normalized spacial score (nSPS) is 12.8. The van der Waals surface area contributed by atoms with E-state index in [1.165, 1.54) is 11.8 Å². The molecule has 4 nitrogen and oxygen atoms in total. The molecule has 7 heteroatoms. The van der Waals surface area contributed by atoms with E-state index < -0.39 is 0 Å². The Hall–Kier alpha value is -1.02. The highest BCUT2D eigenvalue weighted by molar-refractivity contribution is 8.14. The van der Waals surface area contributed by atoms with E-state index in [4.69, 9.17) is 21.4 Å². The van der Waals surface area contributed by atoms with Gasteiger partial charge in [-0.05, 0) is 37.2 Å². The van der Waals surface area contributed by atoms with Crippen molar-refractivity contribution in [2.24, 2.45) is 11.3 Å². The quantitative estimate of drug-likeness (QED) is 0.205. The molecule has 0 bridgehead atoms. The second-order valence-corrected chi connectivity index (χ2v) is 11.1. The van der Waals surface area contributed by atoms with Crippen LogP contribution in [-0.2, 0) is 9.53 Å². The van der Waals surface area contributed by atoms with Gasteiger partial charge in [-0.3, -0.25) is 4.79 Å². The average molecular weight is 496 g/mol. The summed E-state index contributed by atoms with van der Waals surface area (Å²) in [5.41, 5.74) is 1.66. The average Bonchev–Trinajstić information content (AvgIpc) is 2.79. The summed E-state index contributed by atoms with van der Waals surface area (Å²) in [7, 11) is 0. The molecule has 1 aromatic carbocycles. The van der Waals surface area contributed by atoms with Crippen molar-refractivity contribution in [3.05, 3.63) is 35.0 Å². The fourth-order valence-corrected chi connectivity index (χ4v) is 5.60. The summed E-state index contributed by atoms with van der Waals surface area (Å²) >= 11 is 8.63. The third-order valence-electron chi connectivity index (χ3n) is 6.06. The van der Waals surface area contributed by atoms with E-state index in [9.17, 15) is 4.79 Å². The molecule has 0 N–H and O–H groups in total. The molecule has 0 spiro atoms. The zero-order valence-electron chi connectivity index (χ0n) is 20.0. The van der Waals surface area contributed by atoms with Crippen molar-refractivity contribution in [2.45, 2.75) is 41.0 Å². The van der Waals surface area contributed by atoms with Gasteiger partial charge in [0, 0.05) is 47.2 Å². The molecule has 1 heterocycles. The Morgan fingerprint density at radius 3 is 2.66 bits per heavy atom. The largest absolute Gasteiger partial charge is 0.445 e. The number of benzene rings is 1. The highest BCUT2D eigenvalue weighted by atomic mass is 32.2. The van der Waals surface area contributed by atoms with Crippen molar-refractivity contribution in [3.8, 4) is 0 Å². The summed E-state index contributed by atoms with van der Waals surface area (Å²) in [6, 6.07) is 9.92. The lowest BCUT2D eigenvalue weighted by molar-refractivity contribution is -0.120. The van der Waals surface area contributed by atoms with E-state index in [0.29, 0.717) is 22.3 Å². The van der Waals surface area contributed by atoms with Gasteiger partial charge in [-0.2, -0.15) is 11.8 Å². The number of fused-ring (bicyclic) bond motifs is 1. The predicted octanol–water partition coefficient (Wildman–Crippen LogP) is 7.07. The Morgan fingerprint density at radius 2 is 1.94 bits per heavy atom. The minimum atomic E-state index is -0.248. The van der Waals surface area contributed by atoms with Gasteiger partial charge in [0.25, 0.3) is 0 Å². The number of ether oxygens (including phenoxy) is 1. The fraction of sp³-hybridized carbons (Fsp3) is 0.600. The van der Waals surface area contributed by atoms with Crippen LogP contribution in [0.25, 0.3) is 11.0 Å². The lowest BCUT2D eigenvalue weighted by Crippen LogP contribution is -2.29. The summed E-state index contributed by atoms with van der Waals surface area (Å²) < 4.78 is 12.0. The SMILES string of the molecule is CCC(C)C(C)(C)C(=O)SCCSCCOCCN(CC)c1cc(=S)oc2ccccc12. The number of nitrogens with zero attached hydrogens (tertiary/aromatic N) is 1. The number of hydrogen-bond acceptors (Lipinski definition) is 7. The summed E-state index contributed by atoms with van der Waals surface area (Å²) in [4.78, 5) is 14.7. The Labute approximate surface area is 206 Å². The first-order valence-corrected chi connectivity index (χ1v) is 14.0. The van der Waals surface area contributed by atoms with Crippen molar-refractivity contribution < 1.29 is 13.9 Å². The number of carbonyl (C=O) groups is 1. The van der Waals surface area contributed by atoms with Gasteiger partial charge in [0.2, 0.25) is 0 Å². The minimum Gasteiger partial charge on any atom is -0.445 e. The number of anilines is 1. The fourth-order valence-electron chi connectivity index (χ4n) is 3.39. The van der Waals surface area contributed by atoms with E-state index in [1.807, 2.05) is 36.0 Å². The molecule has 1 unspecified atom stereocenters. The van der Waals surface area contributed by atoms with Crippen molar-refractivity contribution in [1.29, 1.82) is 0 Å². The molecule has 0 aliphatic carbocycles. The molecule has 32 heavy (non-hydrogen) atoms. The van der Waals surface area contributed by atoms with Crippen molar-refractivity contribution in [3.63, 3.8) is 0 Å². The third kappa shape index (κ3) is 7.79. The Bertz CT molecular complexity index is 913. The zero-order valence-corrected chi connectivity index (χ0v) is 22.5. The van der Waals surface area contributed by atoms with Crippen molar-refractivity contribution in [1.82, 2.24) is 0 Å². The van der Waals surface area contributed by atoms with Crippen LogP contribution in [-0.4, -0.2) is 48.7 Å². The van der Waals surface area contributed by atoms with Gasteiger partial charge in [-0.1, -0.05) is 58.0 Å². The van der Waals surface area contributed by atoms with E-state index in [2.05, 4.69) is 45.6 Å². The highest BCUT2D eigenvalue weighted by Gasteiger charge is 2.32. The maximum Gasteiger partial charge on any atom is 0.194 e. The number of carbonyl (C=O) groups excluding carboxylic acids is 1. The van der Waals surface area contributed by atoms with E-state index >= 15 is 0 Å². The van der Waals surface area contributed by atoms with Gasteiger partial charge in [0.05, 0.1) is 18.9 Å². The maximum absolute atomic E-state index is 12.5. The Morgan fingerprint density at radius 1 is 1.19 bits per heavy atom. The number of likely N-dealkylation sites (N-methyl/N-ethyl adjacent to an activating group) is 1. The van der Waals surface area contributed by atoms with E-state index in [1.54, 1.807) is 0 Å². The molecule has 2 rings (SSSR count). The van der Waals surface area contributed by atoms with Crippen LogP contribution in [0.1, 0.15) is 41.0 Å². The molecule has 0 saturated carbocycles. The van der Waals surface area contributed by atoms with Gasteiger partial charge in [-0.15, -0.1) is 0 Å². The molecule has 0 aliphatic rings. The molecule has 0 radical (unpaired) electrons. The van der Waals surface area contributed by atoms with E-state index in [0.717, 1.165) is 60.0 Å². The molecular formula is C25H37NO3S3. The van der Waals surface area contributed by atoms with Gasteiger partial charge in [-0.25, -0.2) is 0 Å². The summed E-state index contributed by atoms with van der Waals surface area (Å²) in [6.45, 7) is 13.6. The first-order chi connectivity index (χ1) is 15.3. The maximum atomic E-state index is 12.5. The van der Waals surface area contributed by atoms with E-state index in [-0.39, 0.29) is 5.41 Å². The highest BCUT2D eigenvalue weighted by Crippen LogP contribution is 2.34. The predicted molar refractivity (Wildman–Crippen MR) is 144 cm³/mol. The molecule has 0 saturated heterocycles. The number of para-hydroxylation sites is 1. The molecule has 0 aliphatic heterocycles. The van der Waals surface area contributed by atoms with Crippen LogP contribution in [0.3, 0.4) is 0 Å². The van der Waals surface area contributed by atoms with Crippen LogP contribution in [0, 0.1) is 16.0 Å². The lowest BCUT2D eigenvalue weighted by atomic mass is 9.80. The minimum absolute atomic E-state index is 0.248. The zero-order chi connectivity index (χ0) is 23.6. The van der Waals surface area contributed by atoms with Crippen LogP contribution in [0.4, 0.5) is 5.69 Å². The number of rotatable bonds is 14. The molecule has 0 amide bonds. The molecule has 1 aromatic heterocycles. The summed E-state index contributed by atoms with van der Waals surface area (Å²) in [5.74, 6) is 3.19. The topological polar surface area (TPSA) is 42.7 Å². The first kappa shape index (κ1) is 27.2. The van der Waals surface area contributed by atoms with Crippen molar-refractivity contribution >= 4 is 57.5 Å². The first-order valence-electron chi connectivity index (χ1n) is 11.4. The van der Waals surface area contributed by atoms with Crippen LogP contribution in [0.15, 0.2) is 34.7 Å². The van der Waals surface area contributed by atoms with Crippen LogP contribution in [0.5, 0.6) is 0 Å². The van der Waals surface area contributed by atoms with Gasteiger partial charge in [0.1, 0.15) is 5.58 Å². The van der Waals surface area contributed by atoms with Gasteiger partial charge < -0.3 is 14.1 Å². The smallest absolute Gasteiger partial charge is 0.194 e. The Balaban J connectivity index is 1.67. The van der Waals surface area contributed by atoms with Gasteiger partial charge >= 0.3 is 0 Å². The summed E-state index contributed by atoms with van der Waals surface area (Å²) in [6.07, 6.45) is 1.03. The molecule has 2 aromatic rings.